The molecular weight excluding hydrogens is 280 g/mol. The number of hydrogen-bond donors (Lipinski definition) is 1. The van der Waals surface area contributed by atoms with Gasteiger partial charge < -0.3 is 9.64 Å². The molecule has 7 heteroatoms. The summed E-state index contributed by atoms with van der Waals surface area (Å²) in [4.78, 5) is 13.6. The van der Waals surface area contributed by atoms with E-state index in [2.05, 4.69) is 17.1 Å². The number of likely N-dealkylation sites (tertiary alicyclic amines) is 1. The molecule has 112 valence electrons. The van der Waals surface area contributed by atoms with E-state index in [0.29, 0.717) is 19.0 Å². The number of nitrogens with zero attached hydrogens (tertiary/aromatic N) is 2. The van der Waals surface area contributed by atoms with Crippen LogP contribution in [0, 0.1) is 17.6 Å². The Bertz CT molecular complexity index is 678. The second-order valence-corrected chi connectivity index (χ2v) is 5.38. The molecule has 0 radical (unpaired) electrons. The van der Waals surface area contributed by atoms with Crippen LogP contribution >= 0.6 is 0 Å². The summed E-state index contributed by atoms with van der Waals surface area (Å²) >= 11 is 0. The molecule has 0 unspecified atom stereocenters. The lowest BCUT2D eigenvalue weighted by Crippen LogP contribution is -2.39. The maximum Gasteiger partial charge on any atom is 0.416 e. The molecule has 3 rings (SSSR count). The minimum absolute atomic E-state index is 0.0347. The van der Waals surface area contributed by atoms with Gasteiger partial charge in [0.1, 0.15) is 0 Å². The molecule has 0 aliphatic carbocycles. The highest BCUT2D eigenvalue weighted by Gasteiger charge is 2.23. The van der Waals surface area contributed by atoms with Gasteiger partial charge in [0.05, 0.1) is 10.9 Å². The van der Waals surface area contributed by atoms with Crippen LogP contribution in [0.5, 0.6) is 5.88 Å². The zero-order chi connectivity index (χ0) is 15.0. The molecule has 1 aliphatic rings. The number of fused-ring (bicyclic) bond motifs is 1. The van der Waals surface area contributed by atoms with Gasteiger partial charge in [0, 0.05) is 19.2 Å². The highest BCUT2D eigenvalue weighted by Crippen LogP contribution is 2.26. The summed E-state index contributed by atoms with van der Waals surface area (Å²) in [5.41, 5.74) is 0.281. The highest BCUT2D eigenvalue weighted by molar-refractivity contribution is 5.86. The number of aromatic amines is 1. The van der Waals surface area contributed by atoms with Crippen LogP contribution in [0.15, 0.2) is 12.1 Å². The van der Waals surface area contributed by atoms with E-state index in [-0.39, 0.29) is 16.8 Å². The van der Waals surface area contributed by atoms with Crippen LogP contribution in [0.2, 0.25) is 0 Å². The van der Waals surface area contributed by atoms with Crippen molar-refractivity contribution in [2.24, 2.45) is 5.92 Å². The third-order valence-corrected chi connectivity index (χ3v) is 3.79. The standard InChI is InChI=1S/C14H15F2N3O2/c1-8-2-4-19(5-3-8)14(20)21-13-9-6-10(15)11(16)7-12(9)17-18-13/h6-8H,2-5H2,1H3,(H,17,18). The number of H-pyrrole nitrogens is 1. The Balaban J connectivity index is 1.78. The van der Waals surface area contributed by atoms with E-state index in [9.17, 15) is 13.6 Å². The van der Waals surface area contributed by atoms with E-state index in [0.717, 1.165) is 25.0 Å². The molecule has 1 N–H and O–H groups in total. The summed E-state index contributed by atoms with van der Waals surface area (Å²) in [5, 5.41) is 6.56. The lowest BCUT2D eigenvalue weighted by atomic mass is 10.00. The van der Waals surface area contributed by atoms with Gasteiger partial charge >= 0.3 is 6.09 Å². The number of piperidine rings is 1. The van der Waals surface area contributed by atoms with Crippen LogP contribution in [0.3, 0.4) is 0 Å². The molecule has 0 spiro atoms. The van der Waals surface area contributed by atoms with Gasteiger partial charge in [-0.25, -0.2) is 13.6 Å². The second kappa shape index (κ2) is 5.31. The van der Waals surface area contributed by atoms with Crippen molar-refractivity contribution in [2.75, 3.05) is 13.1 Å². The molecule has 5 nitrogen and oxygen atoms in total. The summed E-state index contributed by atoms with van der Waals surface area (Å²) in [5.74, 6) is -1.42. The van der Waals surface area contributed by atoms with Crippen LogP contribution < -0.4 is 4.74 Å². The van der Waals surface area contributed by atoms with Crippen molar-refractivity contribution >= 4 is 17.0 Å². The number of carbonyl (C=O) groups excluding carboxylic acids is 1. The number of rotatable bonds is 1. The predicted molar refractivity (Wildman–Crippen MR) is 72.0 cm³/mol. The first-order valence-corrected chi connectivity index (χ1v) is 6.84. The van der Waals surface area contributed by atoms with Gasteiger partial charge in [-0.3, -0.25) is 5.10 Å². The van der Waals surface area contributed by atoms with Crippen molar-refractivity contribution < 1.29 is 18.3 Å². The monoisotopic (exact) mass is 295 g/mol. The third-order valence-electron chi connectivity index (χ3n) is 3.79. The quantitative estimate of drug-likeness (QED) is 0.879. The van der Waals surface area contributed by atoms with Crippen molar-refractivity contribution in [1.82, 2.24) is 15.1 Å². The number of benzene rings is 1. The number of nitrogens with one attached hydrogen (secondary N) is 1. The summed E-state index contributed by atoms with van der Waals surface area (Å²) in [7, 11) is 0. The van der Waals surface area contributed by atoms with Crippen molar-refractivity contribution in [3.8, 4) is 5.88 Å². The summed E-state index contributed by atoms with van der Waals surface area (Å²) in [6.45, 7) is 3.40. The molecule has 1 aromatic carbocycles. The van der Waals surface area contributed by atoms with Crippen LogP contribution in [-0.4, -0.2) is 34.3 Å². The first kappa shape index (κ1) is 13.8. The topological polar surface area (TPSA) is 58.2 Å². The van der Waals surface area contributed by atoms with Crippen LogP contribution in [0.4, 0.5) is 13.6 Å². The van der Waals surface area contributed by atoms with Gasteiger partial charge in [0.2, 0.25) is 0 Å². The number of halogens is 2. The Morgan fingerprint density at radius 1 is 1.33 bits per heavy atom. The fourth-order valence-electron chi connectivity index (χ4n) is 2.40. The van der Waals surface area contributed by atoms with Gasteiger partial charge in [0.25, 0.3) is 5.88 Å². The molecular formula is C14H15F2N3O2. The maximum absolute atomic E-state index is 13.3. The fraction of sp³-hybridized carbons (Fsp3) is 0.429. The fourth-order valence-corrected chi connectivity index (χ4v) is 2.40. The van der Waals surface area contributed by atoms with E-state index in [1.54, 1.807) is 4.90 Å². The number of hydrogen-bond acceptors (Lipinski definition) is 3. The van der Waals surface area contributed by atoms with Gasteiger partial charge in [-0.2, -0.15) is 0 Å². The van der Waals surface area contributed by atoms with Crippen molar-refractivity contribution in [2.45, 2.75) is 19.8 Å². The minimum atomic E-state index is -1.01. The lowest BCUT2D eigenvalue weighted by Gasteiger charge is -2.29. The van der Waals surface area contributed by atoms with Gasteiger partial charge in [-0.15, -0.1) is 5.10 Å². The SMILES string of the molecule is CC1CCN(C(=O)Oc2n[nH]c3cc(F)c(F)cc23)CC1. The van der Waals surface area contributed by atoms with Gasteiger partial charge in [-0.05, 0) is 24.8 Å². The van der Waals surface area contributed by atoms with Crippen LogP contribution in [-0.2, 0) is 0 Å². The van der Waals surface area contributed by atoms with Crippen molar-refractivity contribution in [1.29, 1.82) is 0 Å². The Labute approximate surface area is 119 Å². The molecule has 2 heterocycles. The lowest BCUT2D eigenvalue weighted by molar-refractivity contribution is 0.132. The molecule has 0 saturated carbocycles. The number of carbonyl (C=O) groups is 1. The Morgan fingerprint density at radius 3 is 2.71 bits per heavy atom. The summed E-state index contributed by atoms with van der Waals surface area (Å²) < 4.78 is 31.6. The molecule has 1 saturated heterocycles. The Morgan fingerprint density at radius 2 is 2.00 bits per heavy atom. The van der Waals surface area contributed by atoms with E-state index in [1.165, 1.54) is 0 Å². The van der Waals surface area contributed by atoms with E-state index in [1.807, 2.05) is 0 Å². The largest absolute Gasteiger partial charge is 0.416 e. The average molecular weight is 295 g/mol. The number of aromatic nitrogens is 2. The Kier molecular flexibility index (Phi) is 3.48. The van der Waals surface area contributed by atoms with E-state index in [4.69, 9.17) is 4.74 Å². The van der Waals surface area contributed by atoms with Gasteiger partial charge in [-0.1, -0.05) is 6.92 Å². The second-order valence-electron chi connectivity index (χ2n) is 5.38. The first-order valence-electron chi connectivity index (χ1n) is 6.84. The summed E-state index contributed by atoms with van der Waals surface area (Å²) in [6.07, 6.45) is 1.34. The smallest absolute Gasteiger partial charge is 0.389 e. The highest BCUT2D eigenvalue weighted by atomic mass is 19.2. The molecule has 1 aliphatic heterocycles. The molecule has 1 aromatic heterocycles. The van der Waals surface area contributed by atoms with Crippen LogP contribution in [0.25, 0.3) is 10.9 Å². The van der Waals surface area contributed by atoms with Crippen molar-refractivity contribution in [3.63, 3.8) is 0 Å². The molecule has 1 fully saturated rings. The number of ether oxygens (including phenoxy) is 1. The predicted octanol–water partition coefficient (Wildman–Crippen LogP) is 3.07. The minimum Gasteiger partial charge on any atom is -0.389 e. The average Bonchev–Trinajstić information content (AvgIpc) is 2.82. The Hall–Kier alpha value is -2.18. The van der Waals surface area contributed by atoms with Crippen molar-refractivity contribution in [3.05, 3.63) is 23.8 Å². The third kappa shape index (κ3) is 2.68. The van der Waals surface area contributed by atoms with E-state index >= 15 is 0 Å². The zero-order valence-corrected chi connectivity index (χ0v) is 11.5. The normalized spacial score (nSPS) is 16.4. The van der Waals surface area contributed by atoms with E-state index < -0.39 is 17.7 Å². The number of amides is 1. The zero-order valence-electron chi connectivity index (χ0n) is 11.5. The molecule has 2 aromatic rings. The first-order chi connectivity index (χ1) is 10.0. The molecule has 21 heavy (non-hydrogen) atoms. The molecule has 0 bridgehead atoms. The summed E-state index contributed by atoms with van der Waals surface area (Å²) in [6, 6.07) is 1.95. The molecule has 1 amide bonds. The van der Waals surface area contributed by atoms with Crippen LogP contribution in [0.1, 0.15) is 19.8 Å². The molecule has 0 atom stereocenters. The van der Waals surface area contributed by atoms with Gasteiger partial charge in [0.15, 0.2) is 11.6 Å². The maximum atomic E-state index is 13.3.